The molecule has 1 aromatic rings. The summed E-state index contributed by atoms with van der Waals surface area (Å²) in [5, 5.41) is 2.80. The van der Waals surface area contributed by atoms with E-state index in [1.54, 1.807) is 0 Å². The first kappa shape index (κ1) is 18.6. The Balaban J connectivity index is 2.69. The minimum atomic E-state index is -3.51. The zero-order valence-corrected chi connectivity index (χ0v) is 14.5. The van der Waals surface area contributed by atoms with E-state index in [0.29, 0.717) is 30.5 Å². The minimum Gasteiger partial charge on any atom is -0.352 e. The molecule has 0 aliphatic rings. The lowest BCUT2D eigenvalue weighted by atomic mass is 10.1. The van der Waals surface area contributed by atoms with Gasteiger partial charge in [-0.1, -0.05) is 27.7 Å². The van der Waals surface area contributed by atoms with E-state index in [9.17, 15) is 13.2 Å². The number of nitrogens with one attached hydrogen (secondary N) is 2. The maximum atomic E-state index is 12.1. The molecule has 0 heterocycles. The molecule has 0 unspecified atom stereocenters. The highest BCUT2D eigenvalue weighted by atomic mass is 32.2. The second-order valence-corrected chi connectivity index (χ2v) is 7.98. The summed E-state index contributed by atoms with van der Waals surface area (Å²) in [4.78, 5) is 12.1. The second kappa shape index (κ2) is 8.29. The van der Waals surface area contributed by atoms with E-state index in [1.807, 2.05) is 27.7 Å². The number of amides is 1. The predicted octanol–water partition coefficient (Wildman–Crippen LogP) is 2.40. The normalized spacial score (nSPS) is 11.9. The molecule has 22 heavy (non-hydrogen) atoms. The monoisotopic (exact) mass is 326 g/mol. The van der Waals surface area contributed by atoms with E-state index in [4.69, 9.17) is 0 Å². The standard InChI is InChI=1S/C16H26N2O3S/c1-12(2)9-10-18-22(20,21)15-7-5-14(6-8-15)16(19)17-11-13(3)4/h5-8,12-13,18H,9-11H2,1-4H3,(H,17,19). The molecule has 0 aromatic heterocycles. The Kier molecular flexibility index (Phi) is 7.03. The van der Waals surface area contributed by atoms with Crippen molar-refractivity contribution in [3.05, 3.63) is 29.8 Å². The van der Waals surface area contributed by atoms with Gasteiger partial charge in [-0.25, -0.2) is 13.1 Å². The Hall–Kier alpha value is -1.40. The molecule has 5 nitrogen and oxygen atoms in total. The third-order valence-corrected chi connectivity index (χ3v) is 4.59. The summed E-state index contributed by atoms with van der Waals surface area (Å²) in [7, 11) is -3.51. The number of carbonyl (C=O) groups is 1. The van der Waals surface area contributed by atoms with Gasteiger partial charge < -0.3 is 5.32 Å². The molecule has 0 radical (unpaired) electrons. The quantitative estimate of drug-likeness (QED) is 0.770. The van der Waals surface area contributed by atoms with Crippen LogP contribution in [0.5, 0.6) is 0 Å². The molecule has 2 N–H and O–H groups in total. The van der Waals surface area contributed by atoms with Crippen LogP contribution < -0.4 is 10.0 Å². The average molecular weight is 326 g/mol. The van der Waals surface area contributed by atoms with Crippen molar-refractivity contribution < 1.29 is 13.2 Å². The molecular formula is C16H26N2O3S. The van der Waals surface area contributed by atoms with Gasteiger partial charge in [0.05, 0.1) is 4.90 Å². The van der Waals surface area contributed by atoms with E-state index in [2.05, 4.69) is 10.0 Å². The zero-order chi connectivity index (χ0) is 16.8. The number of rotatable bonds is 8. The van der Waals surface area contributed by atoms with Crippen molar-refractivity contribution in [3.63, 3.8) is 0 Å². The highest BCUT2D eigenvalue weighted by Crippen LogP contribution is 2.11. The van der Waals surface area contributed by atoms with E-state index < -0.39 is 10.0 Å². The summed E-state index contributed by atoms with van der Waals surface area (Å²) >= 11 is 0. The fourth-order valence-corrected chi connectivity index (χ4v) is 2.80. The highest BCUT2D eigenvalue weighted by Gasteiger charge is 2.14. The first-order valence-electron chi connectivity index (χ1n) is 7.60. The molecule has 0 atom stereocenters. The summed E-state index contributed by atoms with van der Waals surface area (Å²) < 4.78 is 26.8. The van der Waals surface area contributed by atoms with Gasteiger partial charge >= 0.3 is 0 Å². The van der Waals surface area contributed by atoms with Gasteiger partial charge in [0.1, 0.15) is 0 Å². The van der Waals surface area contributed by atoms with Crippen LogP contribution in [0.2, 0.25) is 0 Å². The molecule has 0 saturated heterocycles. The van der Waals surface area contributed by atoms with Crippen LogP contribution in [-0.2, 0) is 10.0 Å². The largest absolute Gasteiger partial charge is 0.352 e. The van der Waals surface area contributed by atoms with Crippen molar-refractivity contribution in [2.75, 3.05) is 13.1 Å². The van der Waals surface area contributed by atoms with Crippen molar-refractivity contribution in [2.24, 2.45) is 11.8 Å². The van der Waals surface area contributed by atoms with Crippen molar-refractivity contribution in [2.45, 2.75) is 39.0 Å². The van der Waals surface area contributed by atoms with E-state index in [1.165, 1.54) is 24.3 Å². The SMILES string of the molecule is CC(C)CCNS(=O)(=O)c1ccc(C(=O)NCC(C)C)cc1. The third kappa shape index (κ3) is 6.15. The van der Waals surface area contributed by atoms with Gasteiger partial charge in [-0.3, -0.25) is 4.79 Å². The van der Waals surface area contributed by atoms with Crippen molar-refractivity contribution in [3.8, 4) is 0 Å². The first-order chi connectivity index (χ1) is 10.2. The maximum absolute atomic E-state index is 12.1. The number of hydrogen-bond acceptors (Lipinski definition) is 3. The minimum absolute atomic E-state index is 0.177. The lowest BCUT2D eigenvalue weighted by Crippen LogP contribution is -2.28. The van der Waals surface area contributed by atoms with Gasteiger partial charge in [0.25, 0.3) is 5.91 Å². The molecule has 1 aromatic carbocycles. The van der Waals surface area contributed by atoms with Gasteiger partial charge in [0.2, 0.25) is 10.0 Å². The van der Waals surface area contributed by atoms with Gasteiger partial charge in [0, 0.05) is 18.7 Å². The molecule has 1 rings (SSSR count). The summed E-state index contributed by atoms with van der Waals surface area (Å²) in [6.45, 7) is 9.11. The molecule has 0 bridgehead atoms. The lowest BCUT2D eigenvalue weighted by molar-refractivity contribution is 0.0949. The van der Waals surface area contributed by atoms with Crippen LogP contribution in [-0.4, -0.2) is 27.4 Å². The maximum Gasteiger partial charge on any atom is 0.251 e. The number of carbonyl (C=O) groups excluding carboxylic acids is 1. The van der Waals surface area contributed by atoms with E-state index in [0.717, 1.165) is 6.42 Å². The van der Waals surface area contributed by atoms with Crippen LogP contribution in [0, 0.1) is 11.8 Å². The fraction of sp³-hybridized carbons (Fsp3) is 0.562. The molecule has 1 amide bonds. The molecule has 0 aliphatic carbocycles. The Labute approximate surface area is 133 Å². The first-order valence-corrected chi connectivity index (χ1v) is 9.08. The van der Waals surface area contributed by atoms with E-state index >= 15 is 0 Å². The van der Waals surface area contributed by atoms with Crippen LogP contribution in [0.25, 0.3) is 0 Å². The molecule has 0 aliphatic heterocycles. The fourth-order valence-electron chi connectivity index (χ4n) is 1.75. The summed E-state index contributed by atoms with van der Waals surface area (Å²) in [5.41, 5.74) is 0.460. The Morgan fingerprint density at radius 2 is 1.64 bits per heavy atom. The van der Waals surface area contributed by atoms with Crippen molar-refractivity contribution in [1.82, 2.24) is 10.0 Å². The van der Waals surface area contributed by atoms with Crippen LogP contribution in [0.4, 0.5) is 0 Å². The Bertz CT molecular complexity index is 578. The van der Waals surface area contributed by atoms with Crippen molar-refractivity contribution >= 4 is 15.9 Å². The summed E-state index contributed by atoms with van der Waals surface area (Å²) in [5.74, 6) is 0.619. The predicted molar refractivity (Wildman–Crippen MR) is 88.3 cm³/mol. The number of benzene rings is 1. The topological polar surface area (TPSA) is 75.3 Å². The molecule has 6 heteroatoms. The van der Waals surface area contributed by atoms with Crippen LogP contribution in [0.1, 0.15) is 44.5 Å². The van der Waals surface area contributed by atoms with Crippen LogP contribution in [0.3, 0.4) is 0 Å². The second-order valence-electron chi connectivity index (χ2n) is 6.21. The van der Waals surface area contributed by atoms with Gasteiger partial charge in [0.15, 0.2) is 0 Å². The van der Waals surface area contributed by atoms with Gasteiger partial charge in [-0.05, 0) is 42.5 Å². The molecule has 0 saturated carbocycles. The lowest BCUT2D eigenvalue weighted by Gasteiger charge is -2.10. The van der Waals surface area contributed by atoms with Gasteiger partial charge in [-0.2, -0.15) is 0 Å². The average Bonchev–Trinajstić information content (AvgIpc) is 2.44. The summed E-state index contributed by atoms with van der Waals surface area (Å²) in [6, 6.07) is 5.99. The third-order valence-electron chi connectivity index (χ3n) is 3.11. The molecule has 0 fully saturated rings. The van der Waals surface area contributed by atoms with Crippen LogP contribution in [0.15, 0.2) is 29.2 Å². The highest BCUT2D eigenvalue weighted by molar-refractivity contribution is 7.89. The van der Waals surface area contributed by atoms with E-state index in [-0.39, 0.29) is 10.8 Å². The smallest absolute Gasteiger partial charge is 0.251 e. The Morgan fingerprint density at radius 1 is 1.05 bits per heavy atom. The summed E-state index contributed by atoms with van der Waals surface area (Å²) in [6.07, 6.45) is 0.787. The van der Waals surface area contributed by atoms with Crippen LogP contribution >= 0.6 is 0 Å². The number of hydrogen-bond donors (Lipinski definition) is 2. The van der Waals surface area contributed by atoms with Crippen molar-refractivity contribution in [1.29, 1.82) is 0 Å². The molecule has 124 valence electrons. The molecule has 0 spiro atoms. The molecular weight excluding hydrogens is 300 g/mol. The van der Waals surface area contributed by atoms with Gasteiger partial charge in [-0.15, -0.1) is 0 Å². The Morgan fingerprint density at radius 3 is 2.14 bits per heavy atom. The zero-order valence-electron chi connectivity index (χ0n) is 13.7. The number of sulfonamides is 1.